The smallest absolute Gasteiger partial charge is 0.306 e. The van der Waals surface area contributed by atoms with E-state index in [4.69, 9.17) is 37.9 Å². The second-order valence-corrected chi connectivity index (χ2v) is 19.0. The van der Waals surface area contributed by atoms with Crippen LogP contribution in [-0.4, -0.2) is 134 Å². The van der Waals surface area contributed by atoms with Gasteiger partial charge in [0.05, 0.1) is 59.5 Å². The molecule has 0 heterocycles. The number of Topliss-reactive ketones (excluding diaryl/α,β-unsaturated/α-hetero) is 1. The quantitative estimate of drug-likeness (QED) is 0.0325. The van der Waals surface area contributed by atoms with Gasteiger partial charge in [-0.15, -0.1) is 0 Å². The van der Waals surface area contributed by atoms with Crippen LogP contribution in [0.2, 0.25) is 0 Å². The van der Waals surface area contributed by atoms with Crippen molar-refractivity contribution in [3.05, 3.63) is 24.3 Å². The van der Waals surface area contributed by atoms with E-state index in [-0.39, 0.29) is 31.1 Å². The highest BCUT2D eigenvalue weighted by Crippen LogP contribution is 2.13. The number of allylic oxidation sites excluding steroid dienone is 3. The number of esters is 2. The Hall–Kier alpha value is -2.68. The van der Waals surface area contributed by atoms with Gasteiger partial charge in [0.2, 0.25) is 0 Å². The predicted octanol–water partition coefficient (Wildman–Crippen LogP) is 13.2. The summed E-state index contributed by atoms with van der Waals surface area (Å²) in [5, 5.41) is 0. The summed E-state index contributed by atoms with van der Waals surface area (Å²) in [6, 6.07) is 0. The summed E-state index contributed by atoms with van der Waals surface area (Å²) >= 11 is 0. The first-order chi connectivity index (χ1) is 35.4. The molecule has 13 heteroatoms. The SMILES string of the molecule is CCCCCC/C=C\CCC(=O)CCCCCCCOCC(OCCCCCCCC(=O)OC/C=C\CCCCCC)C(=O)N(CCCCCCCC)CCOCCOCCOCCOCCOC(=O)CC. The molecule has 0 bridgehead atoms. The molecule has 0 spiro atoms. The standard InChI is InChI=1S/C59H109NO12/c1-5-9-12-15-18-19-23-30-37-55(61)38-31-24-21-27-34-42-69-54-56(70-43-35-29-22-25-32-39-58(63)71-44-36-28-20-16-13-10-6-2)59(64)60(40-33-26-17-14-11-7-3)41-45-65-46-47-66-48-49-67-50-51-68-52-53-72-57(62)8-4/h19,23,28,36,56H,5-18,20-22,24-27,29-35,37-54H2,1-4H3/b23-19-,36-28-. The van der Waals surface area contributed by atoms with Gasteiger partial charge >= 0.3 is 11.9 Å². The van der Waals surface area contributed by atoms with Crippen molar-refractivity contribution in [2.24, 2.45) is 0 Å². The fraction of sp³-hybridized carbons (Fsp3) is 0.864. The molecule has 1 atom stereocenters. The first-order valence-electron chi connectivity index (χ1n) is 29.3. The fourth-order valence-electron chi connectivity index (χ4n) is 7.82. The first-order valence-corrected chi connectivity index (χ1v) is 29.3. The lowest BCUT2D eigenvalue weighted by Crippen LogP contribution is -2.45. The van der Waals surface area contributed by atoms with E-state index >= 15 is 0 Å². The molecule has 0 N–H and O–H groups in total. The van der Waals surface area contributed by atoms with Crippen LogP contribution >= 0.6 is 0 Å². The second-order valence-electron chi connectivity index (χ2n) is 19.0. The topological polar surface area (TPSA) is 145 Å². The number of hydrogen-bond donors (Lipinski definition) is 0. The molecule has 1 amide bonds. The molecule has 0 aliphatic heterocycles. The highest BCUT2D eigenvalue weighted by atomic mass is 16.6. The van der Waals surface area contributed by atoms with Crippen LogP contribution in [0.3, 0.4) is 0 Å². The lowest BCUT2D eigenvalue weighted by Gasteiger charge is -2.28. The van der Waals surface area contributed by atoms with E-state index in [0.29, 0.717) is 117 Å². The van der Waals surface area contributed by atoms with Crippen LogP contribution in [0.1, 0.15) is 227 Å². The van der Waals surface area contributed by atoms with Crippen LogP contribution < -0.4 is 0 Å². The van der Waals surface area contributed by atoms with Gasteiger partial charge in [-0.3, -0.25) is 19.2 Å². The van der Waals surface area contributed by atoms with Crippen LogP contribution in [0.5, 0.6) is 0 Å². The molecule has 0 aromatic heterocycles. The summed E-state index contributed by atoms with van der Waals surface area (Å²) in [6.45, 7) is 14.6. The molecule has 422 valence electrons. The third-order valence-corrected chi connectivity index (χ3v) is 12.3. The number of unbranched alkanes of at least 4 members (excludes halogenated alkanes) is 21. The number of amides is 1. The Morgan fingerprint density at radius 2 is 0.875 bits per heavy atom. The van der Waals surface area contributed by atoms with E-state index in [9.17, 15) is 19.2 Å². The van der Waals surface area contributed by atoms with Crippen LogP contribution in [0.4, 0.5) is 0 Å². The number of ketones is 1. The summed E-state index contributed by atoms with van der Waals surface area (Å²) in [4.78, 5) is 51.8. The van der Waals surface area contributed by atoms with Gasteiger partial charge in [-0.2, -0.15) is 0 Å². The summed E-state index contributed by atoms with van der Waals surface area (Å²) < 4.78 is 45.4. The number of ether oxygens (including phenoxy) is 8. The molecular formula is C59H109NO12. The normalized spacial score (nSPS) is 12.1. The Morgan fingerprint density at radius 3 is 1.49 bits per heavy atom. The summed E-state index contributed by atoms with van der Waals surface area (Å²) in [5.74, 6) is -0.0623. The molecule has 0 aromatic rings. The number of rotatable bonds is 58. The molecule has 0 radical (unpaired) electrons. The zero-order valence-corrected chi connectivity index (χ0v) is 46.8. The molecule has 0 saturated heterocycles. The molecule has 0 aliphatic rings. The van der Waals surface area contributed by atoms with Crippen molar-refractivity contribution in [2.75, 3.05) is 99.0 Å². The molecule has 0 aromatic carbocycles. The molecular weight excluding hydrogens is 915 g/mol. The van der Waals surface area contributed by atoms with E-state index in [0.717, 1.165) is 103 Å². The monoisotopic (exact) mass is 1020 g/mol. The highest BCUT2D eigenvalue weighted by molar-refractivity contribution is 5.81. The van der Waals surface area contributed by atoms with Gasteiger partial charge in [-0.25, -0.2) is 0 Å². The molecule has 13 nitrogen and oxygen atoms in total. The average Bonchev–Trinajstić information content (AvgIpc) is 3.38. The highest BCUT2D eigenvalue weighted by Gasteiger charge is 2.25. The van der Waals surface area contributed by atoms with Crippen molar-refractivity contribution in [3.8, 4) is 0 Å². The largest absolute Gasteiger partial charge is 0.463 e. The zero-order valence-electron chi connectivity index (χ0n) is 46.8. The van der Waals surface area contributed by atoms with Gasteiger partial charge in [0.1, 0.15) is 19.0 Å². The predicted molar refractivity (Wildman–Crippen MR) is 291 cm³/mol. The van der Waals surface area contributed by atoms with Crippen LogP contribution in [-0.2, 0) is 57.1 Å². The van der Waals surface area contributed by atoms with Gasteiger partial charge in [0, 0.05) is 52.0 Å². The molecule has 0 saturated carbocycles. The van der Waals surface area contributed by atoms with Gasteiger partial charge in [0.15, 0.2) is 6.10 Å². The Labute approximate surface area is 440 Å². The minimum absolute atomic E-state index is 0.0523. The van der Waals surface area contributed by atoms with Crippen molar-refractivity contribution in [1.29, 1.82) is 0 Å². The Balaban J connectivity index is 4.93. The number of nitrogens with zero attached hydrogens (tertiary/aromatic N) is 1. The number of carbonyl (C=O) groups excluding carboxylic acids is 4. The van der Waals surface area contributed by atoms with E-state index in [1.807, 2.05) is 11.0 Å². The lowest BCUT2D eigenvalue weighted by atomic mass is 10.1. The minimum Gasteiger partial charge on any atom is -0.463 e. The van der Waals surface area contributed by atoms with Gasteiger partial charge < -0.3 is 42.8 Å². The zero-order chi connectivity index (χ0) is 52.5. The number of carbonyl (C=O) groups is 4. The van der Waals surface area contributed by atoms with Crippen molar-refractivity contribution in [3.63, 3.8) is 0 Å². The first kappa shape index (κ1) is 69.3. The van der Waals surface area contributed by atoms with Crippen molar-refractivity contribution >= 4 is 23.6 Å². The Morgan fingerprint density at radius 1 is 0.389 bits per heavy atom. The summed E-state index contributed by atoms with van der Waals surface area (Å²) in [6.07, 6.45) is 39.2. The fourth-order valence-corrected chi connectivity index (χ4v) is 7.82. The second kappa shape index (κ2) is 57.6. The maximum Gasteiger partial charge on any atom is 0.306 e. The Kier molecular flexibility index (Phi) is 55.5. The third kappa shape index (κ3) is 50.8. The van der Waals surface area contributed by atoms with Gasteiger partial charge in [-0.05, 0) is 64.2 Å². The maximum atomic E-state index is 14.2. The molecule has 0 aliphatic carbocycles. The van der Waals surface area contributed by atoms with Crippen molar-refractivity contribution in [1.82, 2.24) is 4.90 Å². The minimum atomic E-state index is -0.695. The van der Waals surface area contributed by atoms with Crippen molar-refractivity contribution < 1.29 is 57.1 Å². The molecule has 1 unspecified atom stereocenters. The van der Waals surface area contributed by atoms with Crippen LogP contribution in [0.15, 0.2) is 24.3 Å². The number of hydrogen-bond acceptors (Lipinski definition) is 12. The van der Waals surface area contributed by atoms with Crippen LogP contribution in [0, 0.1) is 0 Å². The lowest BCUT2D eigenvalue weighted by molar-refractivity contribution is -0.149. The van der Waals surface area contributed by atoms with E-state index in [2.05, 4.69) is 39.0 Å². The van der Waals surface area contributed by atoms with Crippen molar-refractivity contribution in [2.45, 2.75) is 233 Å². The maximum absolute atomic E-state index is 14.2. The van der Waals surface area contributed by atoms with Crippen LogP contribution in [0.25, 0.3) is 0 Å². The molecule has 0 fully saturated rings. The van der Waals surface area contributed by atoms with E-state index in [1.165, 1.54) is 70.6 Å². The Bertz CT molecular complexity index is 1260. The van der Waals surface area contributed by atoms with E-state index in [1.54, 1.807) is 6.92 Å². The summed E-state index contributed by atoms with van der Waals surface area (Å²) in [5.41, 5.74) is 0. The molecule has 72 heavy (non-hydrogen) atoms. The van der Waals surface area contributed by atoms with Gasteiger partial charge in [0.25, 0.3) is 5.91 Å². The average molecular weight is 1020 g/mol. The molecule has 0 rings (SSSR count). The van der Waals surface area contributed by atoms with Gasteiger partial charge in [-0.1, -0.05) is 161 Å². The summed E-state index contributed by atoms with van der Waals surface area (Å²) in [7, 11) is 0. The third-order valence-electron chi connectivity index (χ3n) is 12.3. The van der Waals surface area contributed by atoms with E-state index < -0.39 is 6.10 Å².